The lowest BCUT2D eigenvalue weighted by Gasteiger charge is -2.20. The fourth-order valence-corrected chi connectivity index (χ4v) is 2.28. The Morgan fingerprint density at radius 3 is 2.40 bits per heavy atom. The van der Waals surface area contributed by atoms with Gasteiger partial charge in [0.1, 0.15) is 18.0 Å². The van der Waals surface area contributed by atoms with Crippen LogP contribution in [0.2, 0.25) is 0 Å². The molecule has 30 heavy (non-hydrogen) atoms. The number of carbonyl (C=O) groups excluding carboxylic acids is 1. The van der Waals surface area contributed by atoms with Crippen molar-refractivity contribution in [2.75, 3.05) is 46.9 Å². The molecule has 1 aromatic carbocycles. The monoisotopic (exact) mass is 535 g/mol. The molecule has 3 N–H and O–H groups in total. The first kappa shape index (κ1) is 28.2. The highest BCUT2D eigenvalue weighted by molar-refractivity contribution is 14.0. The first-order valence-electron chi connectivity index (χ1n) is 10.1. The third-order valence-electron chi connectivity index (χ3n) is 3.61. The highest BCUT2D eigenvalue weighted by Gasteiger charge is 2.15. The van der Waals surface area contributed by atoms with Gasteiger partial charge in [-0.1, -0.05) is 18.2 Å². The first-order chi connectivity index (χ1) is 13.7. The zero-order valence-electron chi connectivity index (χ0n) is 19.1. The van der Waals surface area contributed by atoms with Crippen LogP contribution in [-0.4, -0.2) is 69.4 Å². The molecule has 0 aromatic heterocycles. The summed E-state index contributed by atoms with van der Waals surface area (Å²) in [5.74, 6) is 1.53. The molecular formula is C21H38IN5O3. The summed E-state index contributed by atoms with van der Waals surface area (Å²) >= 11 is 0. The molecule has 0 aliphatic rings. The second-order valence-corrected chi connectivity index (χ2v) is 7.81. The summed E-state index contributed by atoms with van der Waals surface area (Å²) in [5, 5.41) is 9.13. The van der Waals surface area contributed by atoms with Crippen LogP contribution in [-0.2, 0) is 11.3 Å². The van der Waals surface area contributed by atoms with Crippen LogP contribution >= 0.6 is 24.0 Å². The maximum absolute atomic E-state index is 11.7. The summed E-state index contributed by atoms with van der Waals surface area (Å²) in [4.78, 5) is 18.4. The Labute approximate surface area is 198 Å². The van der Waals surface area contributed by atoms with Gasteiger partial charge in [0, 0.05) is 31.7 Å². The number of rotatable bonds is 10. The summed E-state index contributed by atoms with van der Waals surface area (Å²) < 4.78 is 11.1. The molecule has 0 atom stereocenters. The number of halogens is 1. The van der Waals surface area contributed by atoms with E-state index in [1.54, 1.807) is 0 Å². The molecule has 8 nitrogen and oxygen atoms in total. The molecule has 0 bridgehead atoms. The Bertz CT molecular complexity index is 648. The van der Waals surface area contributed by atoms with E-state index in [0.717, 1.165) is 24.4 Å². The maximum Gasteiger partial charge on any atom is 0.407 e. The molecule has 0 radical (unpaired) electrons. The Morgan fingerprint density at radius 1 is 1.10 bits per heavy atom. The largest absolute Gasteiger partial charge is 0.492 e. The molecule has 172 valence electrons. The van der Waals surface area contributed by atoms with Crippen LogP contribution < -0.4 is 20.7 Å². The fraction of sp³-hybridized carbons (Fsp3) is 0.619. The average molecular weight is 535 g/mol. The molecule has 1 aromatic rings. The van der Waals surface area contributed by atoms with Crippen molar-refractivity contribution < 1.29 is 14.3 Å². The van der Waals surface area contributed by atoms with E-state index in [-0.39, 0.29) is 24.0 Å². The van der Waals surface area contributed by atoms with Crippen LogP contribution in [0.1, 0.15) is 33.3 Å². The van der Waals surface area contributed by atoms with E-state index in [1.165, 1.54) is 0 Å². The Morgan fingerprint density at radius 2 is 1.77 bits per heavy atom. The number of alkyl carbamates (subject to hydrolysis) is 1. The minimum Gasteiger partial charge on any atom is -0.492 e. The Balaban J connectivity index is 0.00000841. The van der Waals surface area contributed by atoms with Crippen molar-refractivity contribution in [1.82, 2.24) is 20.9 Å². The zero-order chi connectivity index (χ0) is 21.7. The molecule has 1 amide bonds. The van der Waals surface area contributed by atoms with E-state index in [2.05, 4.69) is 25.8 Å². The van der Waals surface area contributed by atoms with Crippen molar-refractivity contribution in [3.05, 3.63) is 29.8 Å². The van der Waals surface area contributed by atoms with Gasteiger partial charge in [-0.15, -0.1) is 24.0 Å². The summed E-state index contributed by atoms with van der Waals surface area (Å²) in [6.45, 7) is 11.2. The van der Waals surface area contributed by atoms with Crippen molar-refractivity contribution in [1.29, 1.82) is 0 Å². The molecule has 9 heteroatoms. The third kappa shape index (κ3) is 13.5. The smallest absolute Gasteiger partial charge is 0.407 e. The van der Waals surface area contributed by atoms with Crippen molar-refractivity contribution in [3.63, 3.8) is 0 Å². The second kappa shape index (κ2) is 15.1. The van der Waals surface area contributed by atoms with E-state index in [9.17, 15) is 4.79 Å². The van der Waals surface area contributed by atoms with Gasteiger partial charge >= 0.3 is 6.09 Å². The highest BCUT2D eigenvalue weighted by atomic mass is 127. The quantitative estimate of drug-likeness (QED) is 0.185. The van der Waals surface area contributed by atoms with Gasteiger partial charge in [0.2, 0.25) is 0 Å². The van der Waals surface area contributed by atoms with Crippen LogP contribution in [0.5, 0.6) is 5.75 Å². The minimum atomic E-state index is -0.504. The van der Waals surface area contributed by atoms with Crippen LogP contribution in [0.15, 0.2) is 29.3 Å². The second-order valence-electron chi connectivity index (χ2n) is 7.81. The molecule has 0 aliphatic heterocycles. The van der Waals surface area contributed by atoms with E-state index in [0.29, 0.717) is 32.2 Å². The average Bonchev–Trinajstić information content (AvgIpc) is 2.62. The number of para-hydroxylation sites is 1. The van der Waals surface area contributed by atoms with Gasteiger partial charge in [0.15, 0.2) is 5.96 Å². The number of guanidine groups is 1. The lowest BCUT2D eigenvalue weighted by Crippen LogP contribution is -2.42. The molecular weight excluding hydrogens is 497 g/mol. The van der Waals surface area contributed by atoms with Gasteiger partial charge < -0.3 is 30.3 Å². The number of amides is 1. The van der Waals surface area contributed by atoms with Crippen molar-refractivity contribution in [3.8, 4) is 5.75 Å². The molecule has 0 saturated carbocycles. The Hall–Kier alpha value is -1.75. The van der Waals surface area contributed by atoms with Gasteiger partial charge in [0.05, 0.1) is 6.54 Å². The van der Waals surface area contributed by atoms with Crippen molar-refractivity contribution >= 4 is 36.0 Å². The van der Waals surface area contributed by atoms with Crippen LogP contribution in [0.4, 0.5) is 4.79 Å². The molecule has 0 saturated heterocycles. The number of hydrogen-bond acceptors (Lipinski definition) is 5. The number of likely N-dealkylation sites (N-methyl/N-ethyl adjacent to an activating group) is 1. The summed E-state index contributed by atoms with van der Waals surface area (Å²) in [6.07, 6.45) is -0.426. The van der Waals surface area contributed by atoms with Gasteiger partial charge in [-0.3, -0.25) is 0 Å². The van der Waals surface area contributed by atoms with Crippen molar-refractivity contribution in [2.24, 2.45) is 4.99 Å². The molecule has 1 rings (SSSR count). The van der Waals surface area contributed by atoms with Crippen LogP contribution in [0.25, 0.3) is 0 Å². The normalized spacial score (nSPS) is 11.5. The van der Waals surface area contributed by atoms with Gasteiger partial charge in [-0.05, 0) is 47.9 Å². The molecule has 0 fully saturated rings. The number of carbonyl (C=O) groups is 1. The predicted molar refractivity (Wildman–Crippen MR) is 133 cm³/mol. The number of hydrogen-bond donors (Lipinski definition) is 3. The zero-order valence-corrected chi connectivity index (χ0v) is 21.4. The summed E-state index contributed by atoms with van der Waals surface area (Å²) in [6, 6.07) is 7.92. The van der Waals surface area contributed by atoms with Crippen LogP contribution in [0, 0.1) is 0 Å². The van der Waals surface area contributed by atoms with Gasteiger partial charge in [-0.25, -0.2) is 9.79 Å². The molecule has 0 unspecified atom stereocenters. The van der Waals surface area contributed by atoms with Crippen LogP contribution in [0.3, 0.4) is 0 Å². The van der Waals surface area contributed by atoms with Gasteiger partial charge in [-0.2, -0.15) is 0 Å². The first-order valence-corrected chi connectivity index (χ1v) is 10.1. The van der Waals surface area contributed by atoms with E-state index < -0.39 is 11.7 Å². The number of benzene rings is 1. The number of ether oxygens (including phenoxy) is 2. The Kier molecular flexibility index (Phi) is 14.2. The minimum absolute atomic E-state index is 0. The summed E-state index contributed by atoms with van der Waals surface area (Å²) in [7, 11) is 4.04. The highest BCUT2D eigenvalue weighted by Crippen LogP contribution is 2.18. The lowest BCUT2D eigenvalue weighted by molar-refractivity contribution is 0.0529. The molecule has 0 heterocycles. The van der Waals surface area contributed by atoms with E-state index >= 15 is 0 Å². The third-order valence-corrected chi connectivity index (χ3v) is 3.61. The molecule has 0 aliphatic carbocycles. The number of nitrogens with zero attached hydrogens (tertiary/aromatic N) is 2. The SMILES string of the molecule is CCNC(=NCc1ccccc1OCCN(C)C)NCCNC(=O)OC(C)(C)C.I. The summed E-state index contributed by atoms with van der Waals surface area (Å²) in [5.41, 5.74) is 0.519. The van der Waals surface area contributed by atoms with E-state index in [1.807, 2.05) is 66.1 Å². The fourth-order valence-electron chi connectivity index (χ4n) is 2.28. The molecule has 0 spiro atoms. The standard InChI is InChI=1S/C21H37N5O3.HI/c1-7-22-19(23-12-13-24-20(27)29-21(2,3)4)25-16-17-10-8-9-11-18(17)28-15-14-26(5)6;/h8-11H,7,12-16H2,1-6H3,(H,24,27)(H2,22,23,25);1H. The number of nitrogens with one attached hydrogen (secondary N) is 3. The topological polar surface area (TPSA) is 87.2 Å². The van der Waals surface area contributed by atoms with Crippen molar-refractivity contribution in [2.45, 2.75) is 39.8 Å². The maximum atomic E-state index is 11.7. The van der Waals surface area contributed by atoms with Gasteiger partial charge in [0.25, 0.3) is 0 Å². The predicted octanol–water partition coefficient (Wildman–Crippen LogP) is 2.82. The van der Waals surface area contributed by atoms with E-state index in [4.69, 9.17) is 9.47 Å². The number of aliphatic imine (C=N–C) groups is 1. The lowest BCUT2D eigenvalue weighted by atomic mass is 10.2.